The van der Waals surface area contributed by atoms with Crippen LogP contribution in [0.3, 0.4) is 0 Å². The van der Waals surface area contributed by atoms with E-state index in [-0.39, 0.29) is 6.17 Å². The smallest absolute Gasteiger partial charge is 0.160 e. The summed E-state index contributed by atoms with van der Waals surface area (Å²) in [5.74, 6) is 2.17. The molecule has 1 unspecified atom stereocenters. The fraction of sp³-hybridized carbons (Fsp3) is 0.0545. The van der Waals surface area contributed by atoms with Gasteiger partial charge in [0.15, 0.2) is 11.7 Å². The van der Waals surface area contributed by atoms with Crippen LogP contribution >= 0.6 is 0 Å². The molecular formula is C55H39N5O. The molecule has 290 valence electrons. The van der Waals surface area contributed by atoms with Crippen molar-refractivity contribution < 1.29 is 4.42 Å². The van der Waals surface area contributed by atoms with Crippen molar-refractivity contribution in [2.75, 3.05) is 0 Å². The Kier molecular flexibility index (Phi) is 9.28. The summed E-state index contributed by atoms with van der Waals surface area (Å²) in [5, 5.41) is 5.84. The lowest BCUT2D eigenvalue weighted by molar-refractivity contribution is 0.669. The Morgan fingerprint density at radius 1 is 0.541 bits per heavy atom. The molecule has 0 saturated heterocycles. The van der Waals surface area contributed by atoms with Crippen LogP contribution in [-0.4, -0.2) is 21.6 Å². The van der Waals surface area contributed by atoms with Gasteiger partial charge in [0, 0.05) is 44.2 Å². The van der Waals surface area contributed by atoms with Gasteiger partial charge in [-0.3, -0.25) is 0 Å². The van der Waals surface area contributed by atoms with Gasteiger partial charge in [0.25, 0.3) is 0 Å². The number of benzene rings is 7. The number of para-hydroxylation sites is 1. The summed E-state index contributed by atoms with van der Waals surface area (Å²) < 4.78 is 6.53. The van der Waals surface area contributed by atoms with E-state index in [1.807, 2.05) is 60.7 Å². The van der Waals surface area contributed by atoms with Crippen molar-refractivity contribution in [2.45, 2.75) is 19.0 Å². The predicted octanol–water partition coefficient (Wildman–Crippen LogP) is 13.1. The number of amidine groups is 2. The number of allylic oxidation sites excluding steroid dienone is 4. The normalized spacial score (nSPS) is 15.1. The number of nitrogens with zero attached hydrogens (tertiary/aromatic N) is 4. The van der Waals surface area contributed by atoms with Gasteiger partial charge >= 0.3 is 0 Å². The van der Waals surface area contributed by atoms with E-state index in [0.29, 0.717) is 11.7 Å². The Morgan fingerprint density at radius 3 is 1.89 bits per heavy atom. The monoisotopic (exact) mass is 785 g/mol. The lowest BCUT2D eigenvalue weighted by Gasteiger charge is -2.24. The number of nitrogens with one attached hydrogen (secondary N) is 1. The summed E-state index contributed by atoms with van der Waals surface area (Å²) in [4.78, 5) is 20.6. The van der Waals surface area contributed by atoms with Gasteiger partial charge in [-0.15, -0.1) is 0 Å². The van der Waals surface area contributed by atoms with E-state index < -0.39 is 0 Å². The number of aliphatic imine (C=N–C) groups is 2. The molecule has 1 aliphatic carbocycles. The molecule has 1 atom stereocenters. The Bertz CT molecular complexity index is 3140. The molecule has 61 heavy (non-hydrogen) atoms. The Hall–Kier alpha value is -7.96. The summed E-state index contributed by atoms with van der Waals surface area (Å²) in [5.41, 5.74) is 14.2. The van der Waals surface area contributed by atoms with Gasteiger partial charge in [-0.25, -0.2) is 20.0 Å². The van der Waals surface area contributed by atoms with Crippen molar-refractivity contribution >= 4 is 44.8 Å². The highest BCUT2D eigenvalue weighted by Crippen LogP contribution is 2.44. The number of hydrogen-bond acceptors (Lipinski definition) is 6. The van der Waals surface area contributed by atoms with E-state index in [1.165, 1.54) is 5.57 Å². The molecule has 2 aliphatic rings. The quantitative estimate of drug-likeness (QED) is 0.166. The average Bonchev–Trinajstić information content (AvgIpc) is 3.73. The van der Waals surface area contributed by atoms with Crippen LogP contribution in [0, 0.1) is 0 Å². The highest BCUT2D eigenvalue weighted by molar-refractivity contribution is 6.17. The molecule has 6 heteroatoms. The maximum absolute atomic E-state index is 6.53. The molecule has 0 fully saturated rings. The standard InChI is InChI=1S/C55H39N5O/c1-5-17-36(18-6-1)46-35-47(37-19-7-2-8-20-37)57-54(56-46)42-27-15-25-40(33-42)44-31-32-49-51(45-29-13-14-30-48(45)61-49)50(44)41-26-16-28-43(34-41)55-59-52(38-21-9-3-10-22-38)58-53(60-55)39-23-11-4-12-24-39/h1-14,16-24,26-35,52H,15,25H2,(H,58,59,60). The van der Waals surface area contributed by atoms with Crippen LogP contribution in [-0.2, 0) is 0 Å². The van der Waals surface area contributed by atoms with E-state index >= 15 is 0 Å². The first-order valence-electron chi connectivity index (χ1n) is 20.7. The molecule has 7 aromatic carbocycles. The van der Waals surface area contributed by atoms with Crippen molar-refractivity contribution in [3.8, 4) is 33.6 Å². The van der Waals surface area contributed by atoms with Gasteiger partial charge in [0.05, 0.1) is 11.4 Å². The van der Waals surface area contributed by atoms with E-state index in [9.17, 15) is 0 Å². The van der Waals surface area contributed by atoms with Crippen molar-refractivity contribution in [3.05, 3.63) is 228 Å². The van der Waals surface area contributed by atoms with Gasteiger partial charge < -0.3 is 9.73 Å². The lowest BCUT2D eigenvalue weighted by Crippen LogP contribution is -2.33. The van der Waals surface area contributed by atoms with E-state index in [1.54, 1.807) is 0 Å². The maximum Gasteiger partial charge on any atom is 0.160 e. The molecule has 0 spiro atoms. The Balaban J connectivity index is 1.06. The number of aromatic nitrogens is 2. The minimum absolute atomic E-state index is 0.299. The van der Waals surface area contributed by atoms with Gasteiger partial charge in [-0.1, -0.05) is 170 Å². The number of rotatable bonds is 8. The second kappa shape index (κ2) is 15.7. The summed E-state index contributed by atoms with van der Waals surface area (Å²) >= 11 is 0. The molecular weight excluding hydrogens is 747 g/mol. The molecule has 1 N–H and O–H groups in total. The first-order chi connectivity index (χ1) is 30.2. The van der Waals surface area contributed by atoms with Gasteiger partial charge in [0.2, 0.25) is 0 Å². The molecule has 11 rings (SSSR count). The lowest BCUT2D eigenvalue weighted by atomic mass is 9.85. The van der Waals surface area contributed by atoms with Crippen LogP contribution in [0.15, 0.2) is 215 Å². The fourth-order valence-corrected chi connectivity index (χ4v) is 8.48. The van der Waals surface area contributed by atoms with Crippen molar-refractivity contribution in [1.82, 2.24) is 15.3 Å². The van der Waals surface area contributed by atoms with Crippen LogP contribution in [0.5, 0.6) is 0 Å². The maximum atomic E-state index is 6.53. The number of fused-ring (bicyclic) bond motifs is 3. The summed E-state index contributed by atoms with van der Waals surface area (Å²) in [6, 6.07) is 64.7. The third kappa shape index (κ3) is 7.04. The second-order valence-electron chi connectivity index (χ2n) is 15.3. The minimum atomic E-state index is -0.299. The molecule has 9 aromatic rings. The first kappa shape index (κ1) is 36.1. The van der Waals surface area contributed by atoms with Crippen LogP contribution in [0.25, 0.3) is 66.7 Å². The predicted molar refractivity (Wildman–Crippen MR) is 249 cm³/mol. The molecule has 0 amide bonds. The third-order valence-corrected chi connectivity index (χ3v) is 11.4. The summed E-state index contributed by atoms with van der Waals surface area (Å²) in [7, 11) is 0. The van der Waals surface area contributed by atoms with Crippen LogP contribution in [0.2, 0.25) is 0 Å². The zero-order valence-electron chi connectivity index (χ0n) is 33.2. The van der Waals surface area contributed by atoms with Crippen LogP contribution < -0.4 is 5.32 Å². The zero-order valence-corrected chi connectivity index (χ0v) is 33.2. The molecule has 0 saturated carbocycles. The van der Waals surface area contributed by atoms with Crippen LogP contribution in [0.4, 0.5) is 0 Å². The number of furan rings is 1. The number of hydrogen-bond donors (Lipinski definition) is 1. The SMILES string of the molecule is C1=C(c2nc(-c3ccccc3)cc(-c3ccccc3)n2)C=C(c2ccc3oc4ccccc4c3c2-c2cccc(C3=NC(c4ccccc4)=NC(c4ccccc4)N3)c2)CC1. The molecule has 0 radical (unpaired) electrons. The molecule has 6 nitrogen and oxygen atoms in total. The van der Waals surface area contributed by atoms with E-state index in [4.69, 9.17) is 24.4 Å². The summed E-state index contributed by atoms with van der Waals surface area (Å²) in [6.07, 6.45) is 5.99. The van der Waals surface area contributed by atoms with Gasteiger partial charge in [0.1, 0.15) is 23.2 Å². The summed E-state index contributed by atoms with van der Waals surface area (Å²) in [6.45, 7) is 0. The third-order valence-electron chi connectivity index (χ3n) is 11.4. The molecule has 2 aromatic heterocycles. The van der Waals surface area contributed by atoms with E-state index in [0.717, 1.165) is 102 Å². The molecule has 1 aliphatic heterocycles. The fourth-order valence-electron chi connectivity index (χ4n) is 8.48. The Labute approximate surface area is 354 Å². The highest BCUT2D eigenvalue weighted by atomic mass is 16.3. The highest BCUT2D eigenvalue weighted by Gasteiger charge is 2.24. The van der Waals surface area contributed by atoms with Crippen LogP contribution in [0.1, 0.15) is 47.1 Å². The van der Waals surface area contributed by atoms with Crippen molar-refractivity contribution in [3.63, 3.8) is 0 Å². The first-order valence-corrected chi connectivity index (χ1v) is 20.7. The zero-order chi connectivity index (χ0) is 40.5. The average molecular weight is 786 g/mol. The van der Waals surface area contributed by atoms with Gasteiger partial charge in [-0.2, -0.15) is 0 Å². The van der Waals surface area contributed by atoms with Gasteiger partial charge in [-0.05, 0) is 65.4 Å². The topological polar surface area (TPSA) is 75.7 Å². The van der Waals surface area contributed by atoms with Crippen molar-refractivity contribution in [2.24, 2.45) is 9.98 Å². The second-order valence-corrected chi connectivity index (χ2v) is 15.3. The molecule has 0 bridgehead atoms. The Morgan fingerprint density at radius 2 is 1.16 bits per heavy atom. The molecule has 3 heterocycles. The van der Waals surface area contributed by atoms with E-state index in [2.05, 4.69) is 145 Å². The van der Waals surface area contributed by atoms with Crippen molar-refractivity contribution in [1.29, 1.82) is 0 Å². The minimum Gasteiger partial charge on any atom is -0.456 e. The largest absolute Gasteiger partial charge is 0.456 e.